The molecular formula is C16H11ClN3O2. The molecule has 0 spiro atoms. The molecule has 109 valence electrons. The lowest BCUT2D eigenvalue weighted by Crippen LogP contribution is -2.19. The molecule has 1 aromatic heterocycles. The second-order valence-corrected chi connectivity index (χ2v) is 5.24. The molecule has 1 radical (unpaired) electrons. The van der Waals surface area contributed by atoms with Crippen LogP contribution in [0.15, 0.2) is 41.2 Å². The molecule has 1 amide bonds. The first-order valence-corrected chi connectivity index (χ1v) is 6.90. The Bertz CT molecular complexity index is 917. The minimum atomic E-state index is -0.695. The smallest absolute Gasteiger partial charge is 0.272 e. The summed E-state index contributed by atoms with van der Waals surface area (Å²) >= 11 is 5.87. The van der Waals surface area contributed by atoms with Crippen LogP contribution in [0.5, 0.6) is 0 Å². The molecule has 0 saturated carbocycles. The van der Waals surface area contributed by atoms with Crippen molar-refractivity contribution in [3.8, 4) is 0 Å². The summed E-state index contributed by atoms with van der Waals surface area (Å²) in [5, 5.41) is 7.95. The standard InChI is InChI=1S/C16H11ClN3O2/c17-10-6-4-9(5-7-10)8-13-11-2-1-3-12(15(18)21)14(11)16(22)20-19-13/h1-2,4-7H,8H2,(H2,18,21)(H,20,22). The lowest BCUT2D eigenvalue weighted by atomic mass is 10.0. The summed E-state index contributed by atoms with van der Waals surface area (Å²) < 4.78 is 0. The highest BCUT2D eigenvalue weighted by Crippen LogP contribution is 2.20. The molecule has 3 aromatic rings. The second kappa shape index (κ2) is 5.61. The van der Waals surface area contributed by atoms with Crippen molar-refractivity contribution in [2.24, 2.45) is 5.73 Å². The van der Waals surface area contributed by atoms with Gasteiger partial charge in [-0.25, -0.2) is 5.10 Å². The first-order valence-electron chi connectivity index (χ1n) is 6.52. The van der Waals surface area contributed by atoms with E-state index in [1.165, 1.54) is 0 Å². The molecule has 0 bridgehead atoms. The van der Waals surface area contributed by atoms with Gasteiger partial charge < -0.3 is 5.73 Å². The molecular weight excluding hydrogens is 302 g/mol. The van der Waals surface area contributed by atoms with E-state index in [1.54, 1.807) is 24.3 Å². The third-order valence-corrected chi connectivity index (χ3v) is 3.61. The van der Waals surface area contributed by atoms with Crippen molar-refractivity contribution in [2.75, 3.05) is 0 Å². The number of fused-ring (bicyclic) bond motifs is 1. The lowest BCUT2D eigenvalue weighted by molar-refractivity contribution is 0.100. The first-order chi connectivity index (χ1) is 10.6. The topological polar surface area (TPSA) is 88.8 Å². The van der Waals surface area contributed by atoms with Crippen LogP contribution in [-0.2, 0) is 6.42 Å². The van der Waals surface area contributed by atoms with Crippen molar-refractivity contribution >= 4 is 28.3 Å². The SMILES string of the molecule is NC(=O)c1[c]ccc2c(Cc3ccc(Cl)cc3)n[nH]c(=O)c12. The van der Waals surface area contributed by atoms with Gasteiger partial charge in [0.1, 0.15) is 0 Å². The average Bonchev–Trinajstić information content (AvgIpc) is 2.51. The fourth-order valence-electron chi connectivity index (χ4n) is 2.33. The van der Waals surface area contributed by atoms with E-state index >= 15 is 0 Å². The number of aromatic amines is 1. The molecule has 2 aromatic carbocycles. The number of primary amides is 1. The minimum Gasteiger partial charge on any atom is -0.366 e. The number of nitrogens with two attached hydrogens (primary N) is 1. The van der Waals surface area contributed by atoms with Gasteiger partial charge in [0, 0.05) is 16.8 Å². The Morgan fingerprint density at radius 2 is 2.00 bits per heavy atom. The van der Waals surface area contributed by atoms with Crippen molar-refractivity contribution in [1.82, 2.24) is 10.2 Å². The average molecular weight is 313 g/mol. The Hall–Kier alpha value is -2.66. The van der Waals surface area contributed by atoms with E-state index < -0.39 is 11.5 Å². The maximum atomic E-state index is 12.0. The van der Waals surface area contributed by atoms with Crippen LogP contribution in [0.2, 0.25) is 5.02 Å². The van der Waals surface area contributed by atoms with Gasteiger partial charge in [-0.05, 0) is 23.8 Å². The summed E-state index contributed by atoms with van der Waals surface area (Å²) in [6.07, 6.45) is 0.493. The lowest BCUT2D eigenvalue weighted by Gasteiger charge is -2.07. The van der Waals surface area contributed by atoms with Crippen LogP contribution < -0.4 is 11.3 Å². The van der Waals surface area contributed by atoms with E-state index in [1.807, 2.05) is 12.1 Å². The van der Waals surface area contributed by atoms with E-state index in [2.05, 4.69) is 16.3 Å². The van der Waals surface area contributed by atoms with E-state index in [-0.39, 0.29) is 10.9 Å². The number of nitrogens with zero attached hydrogens (tertiary/aromatic N) is 1. The summed E-state index contributed by atoms with van der Waals surface area (Å²) in [6.45, 7) is 0. The zero-order chi connectivity index (χ0) is 15.7. The summed E-state index contributed by atoms with van der Waals surface area (Å²) in [5.41, 5.74) is 6.55. The molecule has 22 heavy (non-hydrogen) atoms. The number of aromatic nitrogens is 2. The van der Waals surface area contributed by atoms with Crippen LogP contribution in [0, 0.1) is 6.07 Å². The molecule has 0 fully saturated rings. The van der Waals surface area contributed by atoms with Gasteiger partial charge in [-0.1, -0.05) is 35.9 Å². The summed E-state index contributed by atoms with van der Waals surface area (Å²) in [7, 11) is 0. The van der Waals surface area contributed by atoms with Crippen molar-refractivity contribution in [3.05, 3.63) is 74.7 Å². The van der Waals surface area contributed by atoms with Crippen molar-refractivity contribution < 1.29 is 4.79 Å². The quantitative estimate of drug-likeness (QED) is 0.776. The molecule has 0 saturated heterocycles. The van der Waals surface area contributed by atoms with Gasteiger partial charge >= 0.3 is 0 Å². The van der Waals surface area contributed by atoms with Crippen molar-refractivity contribution in [1.29, 1.82) is 0 Å². The van der Waals surface area contributed by atoms with E-state index in [0.29, 0.717) is 22.5 Å². The van der Waals surface area contributed by atoms with Crippen molar-refractivity contribution in [3.63, 3.8) is 0 Å². The predicted molar refractivity (Wildman–Crippen MR) is 84.0 cm³/mol. The Kier molecular flexibility index (Phi) is 3.65. The van der Waals surface area contributed by atoms with Crippen molar-refractivity contribution in [2.45, 2.75) is 6.42 Å². The molecule has 1 heterocycles. The summed E-state index contributed by atoms with van der Waals surface area (Å²) in [5.74, 6) is -0.695. The van der Waals surface area contributed by atoms with E-state index in [9.17, 15) is 9.59 Å². The van der Waals surface area contributed by atoms with Gasteiger partial charge in [0.2, 0.25) is 5.91 Å². The van der Waals surface area contributed by atoms with Crippen LogP contribution in [-0.4, -0.2) is 16.1 Å². The molecule has 0 aliphatic rings. The second-order valence-electron chi connectivity index (χ2n) is 4.81. The number of nitrogens with one attached hydrogen (secondary N) is 1. The van der Waals surface area contributed by atoms with Crippen LogP contribution in [0.25, 0.3) is 10.8 Å². The van der Waals surface area contributed by atoms with Gasteiger partial charge in [0.15, 0.2) is 0 Å². The largest absolute Gasteiger partial charge is 0.366 e. The van der Waals surface area contributed by atoms with Crippen LogP contribution in [0.3, 0.4) is 0 Å². The number of halogens is 1. The molecule has 0 atom stereocenters. The molecule has 0 aliphatic heterocycles. The Labute approximate surface area is 130 Å². The number of hydrogen-bond acceptors (Lipinski definition) is 3. The normalized spacial score (nSPS) is 10.8. The summed E-state index contributed by atoms with van der Waals surface area (Å²) in [4.78, 5) is 23.5. The third-order valence-electron chi connectivity index (χ3n) is 3.36. The highest BCUT2D eigenvalue weighted by Gasteiger charge is 2.14. The molecule has 0 unspecified atom stereocenters. The van der Waals surface area contributed by atoms with Gasteiger partial charge in [0.25, 0.3) is 5.56 Å². The summed E-state index contributed by atoms with van der Waals surface area (Å²) in [6, 6.07) is 13.3. The predicted octanol–water partition coefficient (Wildman–Crippen LogP) is 2.07. The highest BCUT2D eigenvalue weighted by atomic mass is 35.5. The minimum absolute atomic E-state index is 0.0681. The number of amides is 1. The third kappa shape index (κ3) is 2.58. The Morgan fingerprint density at radius 1 is 1.27 bits per heavy atom. The first kappa shape index (κ1) is 14.3. The number of rotatable bonds is 3. The van der Waals surface area contributed by atoms with E-state index in [4.69, 9.17) is 17.3 Å². The maximum Gasteiger partial charge on any atom is 0.272 e. The number of hydrogen-bond donors (Lipinski definition) is 2. The van der Waals surface area contributed by atoms with Crippen LogP contribution >= 0.6 is 11.6 Å². The fourth-order valence-corrected chi connectivity index (χ4v) is 2.46. The Balaban J connectivity index is 2.17. The molecule has 3 N–H and O–H groups in total. The molecule has 6 heteroatoms. The Morgan fingerprint density at radius 3 is 2.68 bits per heavy atom. The van der Waals surface area contributed by atoms with Gasteiger partial charge in [-0.2, -0.15) is 5.10 Å². The van der Waals surface area contributed by atoms with Gasteiger partial charge in [0.05, 0.1) is 16.6 Å². The highest BCUT2D eigenvalue weighted by molar-refractivity contribution is 6.30. The van der Waals surface area contributed by atoms with Gasteiger partial charge in [-0.15, -0.1) is 0 Å². The zero-order valence-corrected chi connectivity index (χ0v) is 12.1. The number of carbonyl (C=O) groups is 1. The number of carbonyl (C=O) groups excluding carboxylic acids is 1. The molecule has 0 aliphatic carbocycles. The maximum absolute atomic E-state index is 12.0. The number of H-pyrrole nitrogens is 1. The molecule has 5 nitrogen and oxygen atoms in total. The monoisotopic (exact) mass is 312 g/mol. The van der Waals surface area contributed by atoms with Crippen LogP contribution in [0.1, 0.15) is 21.6 Å². The zero-order valence-electron chi connectivity index (χ0n) is 11.4. The van der Waals surface area contributed by atoms with Gasteiger partial charge in [-0.3, -0.25) is 9.59 Å². The number of benzene rings is 2. The fraction of sp³-hybridized carbons (Fsp3) is 0.0625. The molecule has 3 rings (SSSR count). The van der Waals surface area contributed by atoms with E-state index in [0.717, 1.165) is 5.56 Å². The van der Waals surface area contributed by atoms with Crippen LogP contribution in [0.4, 0.5) is 0 Å².